The molecule has 0 fully saturated rings. The van der Waals surface area contributed by atoms with Crippen LogP contribution >= 0.6 is 0 Å². The topological polar surface area (TPSA) is 66.0 Å². The molecule has 6 nitrogen and oxygen atoms in total. The minimum Gasteiger partial charge on any atom is -0.382 e. The summed E-state index contributed by atoms with van der Waals surface area (Å²) >= 11 is 0. The molecule has 2 rings (SSSR count). The largest absolute Gasteiger partial charge is 0.382 e. The summed E-state index contributed by atoms with van der Waals surface area (Å²) < 4.78 is 5.31. The molecule has 144 valence electrons. The third-order valence-corrected chi connectivity index (χ3v) is 4.53. The highest BCUT2D eigenvalue weighted by Gasteiger charge is 2.19. The average molecular weight is 361 g/mol. The van der Waals surface area contributed by atoms with E-state index in [9.17, 15) is 4.79 Å². The van der Waals surface area contributed by atoms with Crippen LogP contribution in [-0.4, -0.2) is 56.7 Å². The third-order valence-electron chi connectivity index (χ3n) is 4.53. The van der Waals surface area contributed by atoms with Crippen LogP contribution in [0.15, 0.2) is 29.3 Å². The number of benzene rings is 1. The summed E-state index contributed by atoms with van der Waals surface area (Å²) in [6.07, 6.45) is 3.27. The van der Waals surface area contributed by atoms with Gasteiger partial charge in [-0.25, -0.2) is 0 Å². The first-order valence-electron chi connectivity index (χ1n) is 9.61. The fraction of sp³-hybridized carbons (Fsp3) is 0.600. The zero-order valence-corrected chi connectivity index (χ0v) is 16.1. The Morgan fingerprint density at radius 2 is 1.92 bits per heavy atom. The number of ether oxygens (including phenoxy) is 1. The Balaban J connectivity index is 1.61. The molecule has 0 bridgehead atoms. The number of carbonyl (C=O) groups is 1. The molecule has 0 aromatic heterocycles. The van der Waals surface area contributed by atoms with Crippen LogP contribution in [0.25, 0.3) is 0 Å². The van der Waals surface area contributed by atoms with Crippen molar-refractivity contribution in [2.45, 2.75) is 39.2 Å². The number of hydrogen-bond acceptors (Lipinski definition) is 3. The van der Waals surface area contributed by atoms with E-state index in [4.69, 9.17) is 4.74 Å². The van der Waals surface area contributed by atoms with Crippen LogP contribution in [0.4, 0.5) is 0 Å². The van der Waals surface area contributed by atoms with E-state index in [1.54, 1.807) is 7.05 Å². The lowest BCUT2D eigenvalue weighted by Gasteiger charge is -2.29. The summed E-state index contributed by atoms with van der Waals surface area (Å²) in [5, 5.41) is 6.52. The number of carbonyl (C=O) groups excluding carboxylic acids is 1. The molecule has 26 heavy (non-hydrogen) atoms. The van der Waals surface area contributed by atoms with Crippen molar-refractivity contribution in [3.63, 3.8) is 0 Å². The van der Waals surface area contributed by atoms with Crippen molar-refractivity contribution < 1.29 is 9.53 Å². The van der Waals surface area contributed by atoms with Crippen molar-refractivity contribution in [3.8, 4) is 0 Å². The van der Waals surface area contributed by atoms with Crippen molar-refractivity contribution >= 4 is 11.9 Å². The highest BCUT2D eigenvalue weighted by atomic mass is 16.5. The zero-order valence-electron chi connectivity index (χ0n) is 16.1. The normalized spacial score (nSPS) is 14.1. The fourth-order valence-corrected chi connectivity index (χ4v) is 3.06. The van der Waals surface area contributed by atoms with Crippen LogP contribution in [0.1, 0.15) is 37.3 Å². The van der Waals surface area contributed by atoms with Crippen molar-refractivity contribution in [1.82, 2.24) is 15.5 Å². The monoisotopic (exact) mass is 360 g/mol. The number of nitrogens with zero attached hydrogens (tertiary/aromatic N) is 2. The summed E-state index contributed by atoms with van der Waals surface area (Å²) in [4.78, 5) is 18.6. The SMILES string of the molecule is CCOCCCNC(=NC)NCCCC(=O)N1CCc2ccccc2C1. The molecule has 0 saturated heterocycles. The van der Waals surface area contributed by atoms with Crippen LogP contribution in [0.5, 0.6) is 0 Å². The predicted octanol–water partition coefficient (Wildman–Crippen LogP) is 1.94. The standard InChI is InChI=1S/C20H32N4O2/c1-3-26-15-7-13-23-20(21-2)22-12-6-10-19(25)24-14-11-17-8-4-5-9-18(17)16-24/h4-5,8-9H,3,6-7,10-16H2,1-2H3,(H2,21,22,23). The van der Waals surface area contributed by atoms with Gasteiger partial charge in [0.05, 0.1) is 0 Å². The first-order valence-corrected chi connectivity index (χ1v) is 9.61. The van der Waals surface area contributed by atoms with Gasteiger partial charge in [-0.15, -0.1) is 0 Å². The van der Waals surface area contributed by atoms with E-state index in [0.717, 1.165) is 64.6 Å². The Morgan fingerprint density at radius 3 is 2.65 bits per heavy atom. The third kappa shape index (κ3) is 6.67. The van der Waals surface area contributed by atoms with Gasteiger partial charge in [0, 0.05) is 52.9 Å². The molecule has 0 saturated carbocycles. The van der Waals surface area contributed by atoms with Crippen LogP contribution in [0.3, 0.4) is 0 Å². The van der Waals surface area contributed by atoms with Gasteiger partial charge in [-0.3, -0.25) is 9.79 Å². The molecule has 0 aliphatic carbocycles. The number of nitrogens with one attached hydrogen (secondary N) is 2. The van der Waals surface area contributed by atoms with Gasteiger partial charge in [-0.05, 0) is 37.3 Å². The molecule has 1 aliphatic heterocycles. The minimum absolute atomic E-state index is 0.237. The molecule has 0 spiro atoms. The lowest BCUT2D eigenvalue weighted by molar-refractivity contribution is -0.132. The summed E-state index contributed by atoms with van der Waals surface area (Å²) in [5.41, 5.74) is 2.65. The van der Waals surface area contributed by atoms with Gasteiger partial charge in [0.1, 0.15) is 0 Å². The van der Waals surface area contributed by atoms with Gasteiger partial charge < -0.3 is 20.3 Å². The van der Waals surface area contributed by atoms with E-state index in [1.807, 2.05) is 17.9 Å². The molecule has 0 radical (unpaired) electrons. The Labute approximate surface area is 157 Å². The quantitative estimate of drug-likeness (QED) is 0.401. The van der Waals surface area contributed by atoms with Gasteiger partial charge >= 0.3 is 0 Å². The van der Waals surface area contributed by atoms with Crippen LogP contribution in [0, 0.1) is 0 Å². The van der Waals surface area contributed by atoms with E-state index in [1.165, 1.54) is 11.1 Å². The molecule has 0 atom stereocenters. The number of guanidine groups is 1. The Kier molecular flexibility index (Phi) is 8.96. The van der Waals surface area contributed by atoms with E-state index in [2.05, 4.69) is 33.8 Å². The lowest BCUT2D eigenvalue weighted by Crippen LogP contribution is -2.39. The molecular weight excluding hydrogens is 328 g/mol. The Morgan fingerprint density at radius 1 is 1.19 bits per heavy atom. The van der Waals surface area contributed by atoms with E-state index in [-0.39, 0.29) is 5.91 Å². The average Bonchev–Trinajstić information content (AvgIpc) is 2.68. The van der Waals surface area contributed by atoms with E-state index < -0.39 is 0 Å². The van der Waals surface area contributed by atoms with Crippen molar-refractivity contribution in [3.05, 3.63) is 35.4 Å². The highest BCUT2D eigenvalue weighted by Crippen LogP contribution is 2.19. The minimum atomic E-state index is 0.237. The molecule has 1 aromatic carbocycles. The smallest absolute Gasteiger partial charge is 0.222 e. The van der Waals surface area contributed by atoms with Gasteiger partial charge in [0.15, 0.2) is 5.96 Å². The zero-order chi connectivity index (χ0) is 18.6. The fourth-order valence-electron chi connectivity index (χ4n) is 3.06. The maximum atomic E-state index is 12.4. The van der Waals surface area contributed by atoms with Gasteiger partial charge in [0.2, 0.25) is 5.91 Å². The predicted molar refractivity (Wildman–Crippen MR) is 105 cm³/mol. The van der Waals surface area contributed by atoms with Crippen molar-refractivity contribution in [2.75, 3.05) is 39.9 Å². The van der Waals surface area contributed by atoms with Crippen LogP contribution < -0.4 is 10.6 Å². The van der Waals surface area contributed by atoms with E-state index in [0.29, 0.717) is 6.42 Å². The van der Waals surface area contributed by atoms with Gasteiger partial charge in [-0.1, -0.05) is 24.3 Å². The number of aliphatic imine (C=N–C) groups is 1. The second-order valence-electron chi connectivity index (χ2n) is 6.41. The van der Waals surface area contributed by atoms with Crippen LogP contribution in [-0.2, 0) is 22.5 Å². The number of hydrogen-bond donors (Lipinski definition) is 2. The molecule has 1 heterocycles. The second kappa shape index (κ2) is 11.5. The van der Waals surface area contributed by atoms with Gasteiger partial charge in [-0.2, -0.15) is 0 Å². The molecule has 1 amide bonds. The number of amides is 1. The first kappa shape index (κ1) is 20.2. The Bertz CT molecular complexity index is 589. The highest BCUT2D eigenvalue weighted by molar-refractivity contribution is 5.80. The number of rotatable bonds is 9. The van der Waals surface area contributed by atoms with Crippen LogP contribution in [0.2, 0.25) is 0 Å². The van der Waals surface area contributed by atoms with E-state index >= 15 is 0 Å². The summed E-state index contributed by atoms with van der Waals surface area (Å²) in [5.74, 6) is 1.02. The Hall–Kier alpha value is -2.08. The number of fused-ring (bicyclic) bond motifs is 1. The molecule has 0 unspecified atom stereocenters. The maximum Gasteiger partial charge on any atom is 0.222 e. The molecular formula is C20H32N4O2. The molecule has 1 aromatic rings. The first-order chi connectivity index (χ1) is 12.7. The summed E-state index contributed by atoms with van der Waals surface area (Å²) in [7, 11) is 1.76. The maximum absolute atomic E-state index is 12.4. The van der Waals surface area contributed by atoms with Crippen molar-refractivity contribution in [2.24, 2.45) is 4.99 Å². The molecule has 2 N–H and O–H groups in total. The van der Waals surface area contributed by atoms with Crippen molar-refractivity contribution in [1.29, 1.82) is 0 Å². The summed E-state index contributed by atoms with van der Waals surface area (Å²) in [6.45, 7) is 6.64. The molecule has 6 heteroatoms. The summed E-state index contributed by atoms with van der Waals surface area (Å²) in [6, 6.07) is 8.40. The molecule has 1 aliphatic rings. The second-order valence-corrected chi connectivity index (χ2v) is 6.41. The lowest BCUT2D eigenvalue weighted by atomic mass is 9.99. The van der Waals surface area contributed by atoms with Gasteiger partial charge in [0.25, 0.3) is 0 Å².